The molecule has 1 saturated heterocycles. The Balaban J connectivity index is 1.43. The highest BCUT2D eigenvalue weighted by atomic mass is 16.3. The fraction of sp³-hybridized carbons (Fsp3) is 0.269. The molecule has 5 aromatic rings. The maximum absolute atomic E-state index is 13.1. The SMILES string of the molecule is Cc1ccnc(-c2cc(O)c3nc(-c4cccc5c(=O)n(CCN6CCCC6)[nH]c45)c(=O)[nH]c3c2)n1. The standard InChI is InChI=1S/C26H25N7O3/c1-15-7-8-27-24(28-15)16-13-19-23(20(34)14-16)30-22(25(35)29-19)17-5-4-6-18-21(17)31-33(26(18)36)12-11-32-9-2-3-10-32/h4-8,13-14,31,34H,2-3,9-12H2,1H3,(H,29,35). The molecular formula is C26H25N7O3. The smallest absolute Gasteiger partial charge is 0.275 e. The van der Waals surface area contributed by atoms with Crippen LogP contribution >= 0.6 is 0 Å². The normalized spacial score (nSPS) is 14.2. The first-order valence-electron chi connectivity index (χ1n) is 12.0. The molecule has 10 heteroatoms. The Morgan fingerprint density at radius 3 is 2.69 bits per heavy atom. The van der Waals surface area contributed by atoms with Crippen LogP contribution in [0.2, 0.25) is 0 Å². The van der Waals surface area contributed by atoms with Crippen LogP contribution in [-0.2, 0) is 6.54 Å². The van der Waals surface area contributed by atoms with E-state index in [0.29, 0.717) is 39.9 Å². The molecule has 0 bridgehead atoms. The van der Waals surface area contributed by atoms with Crippen molar-refractivity contribution in [1.29, 1.82) is 0 Å². The number of rotatable bonds is 5. The number of fused-ring (bicyclic) bond motifs is 2. The largest absolute Gasteiger partial charge is 0.506 e. The van der Waals surface area contributed by atoms with Crippen molar-refractivity contribution in [3.05, 3.63) is 69.0 Å². The third-order valence-electron chi connectivity index (χ3n) is 6.71. The maximum Gasteiger partial charge on any atom is 0.275 e. The molecule has 0 radical (unpaired) electrons. The minimum absolute atomic E-state index is 0.103. The Bertz CT molecular complexity index is 1730. The average molecular weight is 484 g/mol. The van der Waals surface area contributed by atoms with Gasteiger partial charge in [-0.15, -0.1) is 0 Å². The molecule has 1 fully saturated rings. The van der Waals surface area contributed by atoms with Crippen molar-refractivity contribution in [2.45, 2.75) is 26.3 Å². The van der Waals surface area contributed by atoms with E-state index in [1.807, 2.05) is 6.92 Å². The molecule has 0 saturated carbocycles. The molecule has 1 aliphatic rings. The summed E-state index contributed by atoms with van der Waals surface area (Å²) in [6, 6.07) is 10.2. The Hall–Kier alpha value is -4.31. The van der Waals surface area contributed by atoms with E-state index < -0.39 is 5.56 Å². The summed E-state index contributed by atoms with van der Waals surface area (Å²) in [4.78, 5) is 44.5. The molecule has 3 N–H and O–H groups in total. The minimum Gasteiger partial charge on any atom is -0.506 e. The van der Waals surface area contributed by atoms with E-state index >= 15 is 0 Å². The fourth-order valence-corrected chi connectivity index (χ4v) is 4.86. The minimum atomic E-state index is -0.428. The number of phenols is 1. The Morgan fingerprint density at radius 1 is 1.06 bits per heavy atom. The summed E-state index contributed by atoms with van der Waals surface area (Å²) in [5.41, 5.74) is 2.57. The summed E-state index contributed by atoms with van der Waals surface area (Å²) in [6.45, 7) is 5.29. The van der Waals surface area contributed by atoms with Crippen LogP contribution in [0.5, 0.6) is 5.75 Å². The van der Waals surface area contributed by atoms with Gasteiger partial charge < -0.3 is 15.0 Å². The lowest BCUT2D eigenvalue weighted by Gasteiger charge is -2.13. The number of aromatic hydroxyl groups is 1. The molecule has 182 valence electrons. The molecule has 2 aromatic carbocycles. The van der Waals surface area contributed by atoms with Gasteiger partial charge in [-0.25, -0.2) is 15.0 Å². The molecule has 0 spiro atoms. The lowest BCUT2D eigenvalue weighted by molar-refractivity contribution is 0.314. The average Bonchev–Trinajstić information content (AvgIpc) is 3.50. The lowest BCUT2D eigenvalue weighted by atomic mass is 10.1. The molecule has 36 heavy (non-hydrogen) atoms. The summed E-state index contributed by atoms with van der Waals surface area (Å²) < 4.78 is 1.59. The first kappa shape index (κ1) is 22.2. The molecule has 3 aromatic heterocycles. The number of hydrogen-bond donors (Lipinski definition) is 3. The second kappa shape index (κ2) is 8.72. The van der Waals surface area contributed by atoms with Crippen LogP contribution in [0, 0.1) is 6.92 Å². The van der Waals surface area contributed by atoms with E-state index in [0.717, 1.165) is 25.3 Å². The van der Waals surface area contributed by atoms with E-state index in [1.54, 1.807) is 41.2 Å². The van der Waals surface area contributed by atoms with Crippen molar-refractivity contribution in [2.75, 3.05) is 19.6 Å². The molecule has 0 unspecified atom stereocenters. The highest BCUT2D eigenvalue weighted by molar-refractivity contribution is 5.94. The Morgan fingerprint density at radius 2 is 1.89 bits per heavy atom. The third-order valence-corrected chi connectivity index (χ3v) is 6.71. The third kappa shape index (κ3) is 3.85. The van der Waals surface area contributed by atoms with Crippen LogP contribution in [0.4, 0.5) is 0 Å². The number of hydrogen-bond acceptors (Lipinski definition) is 7. The van der Waals surface area contributed by atoms with Crippen molar-refractivity contribution < 1.29 is 5.11 Å². The second-order valence-electron chi connectivity index (χ2n) is 9.17. The summed E-state index contributed by atoms with van der Waals surface area (Å²) in [6.07, 6.45) is 4.02. The van der Waals surface area contributed by atoms with Crippen LogP contribution in [0.3, 0.4) is 0 Å². The van der Waals surface area contributed by atoms with Crippen molar-refractivity contribution in [2.24, 2.45) is 0 Å². The second-order valence-corrected chi connectivity index (χ2v) is 9.17. The summed E-state index contributed by atoms with van der Waals surface area (Å²) in [5, 5.41) is 14.5. The number of aryl methyl sites for hydroxylation is 1. The van der Waals surface area contributed by atoms with Gasteiger partial charge in [0.15, 0.2) is 5.82 Å². The van der Waals surface area contributed by atoms with Crippen LogP contribution < -0.4 is 11.1 Å². The van der Waals surface area contributed by atoms with E-state index in [2.05, 4.69) is 29.9 Å². The lowest BCUT2D eigenvalue weighted by Crippen LogP contribution is -2.28. The fourth-order valence-electron chi connectivity index (χ4n) is 4.86. The molecule has 4 heterocycles. The quantitative estimate of drug-likeness (QED) is 0.350. The predicted octanol–water partition coefficient (Wildman–Crippen LogP) is 2.80. The summed E-state index contributed by atoms with van der Waals surface area (Å²) in [5.74, 6) is 0.337. The summed E-state index contributed by atoms with van der Waals surface area (Å²) in [7, 11) is 0. The van der Waals surface area contributed by atoms with Gasteiger partial charge in [0.05, 0.1) is 23.0 Å². The number of nitrogens with one attached hydrogen (secondary N) is 2. The van der Waals surface area contributed by atoms with Gasteiger partial charge >= 0.3 is 0 Å². The molecular weight excluding hydrogens is 458 g/mol. The van der Waals surface area contributed by atoms with Crippen LogP contribution in [-0.4, -0.2) is 59.4 Å². The number of H-pyrrole nitrogens is 2. The van der Waals surface area contributed by atoms with Gasteiger partial charge in [0, 0.05) is 29.6 Å². The highest BCUT2D eigenvalue weighted by Crippen LogP contribution is 2.30. The van der Waals surface area contributed by atoms with Crippen LogP contribution in [0.15, 0.2) is 52.2 Å². The highest BCUT2D eigenvalue weighted by Gasteiger charge is 2.18. The Kier molecular flexibility index (Phi) is 5.37. The number of likely N-dealkylation sites (tertiary alicyclic amines) is 1. The van der Waals surface area contributed by atoms with E-state index in [1.165, 1.54) is 18.9 Å². The maximum atomic E-state index is 13.1. The number of phenolic OH excluding ortho intramolecular Hbond substituents is 1. The number of para-hydroxylation sites is 1. The number of aromatic amines is 2. The molecule has 10 nitrogen and oxygen atoms in total. The number of aromatic nitrogens is 6. The van der Waals surface area contributed by atoms with Gasteiger partial charge in [-0.05, 0) is 57.1 Å². The molecule has 1 aliphatic heterocycles. The van der Waals surface area contributed by atoms with E-state index in [4.69, 9.17) is 0 Å². The topological polar surface area (TPSA) is 133 Å². The van der Waals surface area contributed by atoms with E-state index in [-0.39, 0.29) is 22.5 Å². The monoisotopic (exact) mass is 483 g/mol. The zero-order chi connectivity index (χ0) is 24.8. The van der Waals surface area contributed by atoms with Crippen molar-refractivity contribution in [3.63, 3.8) is 0 Å². The Labute approximate surface area is 205 Å². The van der Waals surface area contributed by atoms with Gasteiger partial charge in [0.25, 0.3) is 11.1 Å². The molecule has 0 aliphatic carbocycles. The van der Waals surface area contributed by atoms with Gasteiger partial charge in [-0.1, -0.05) is 12.1 Å². The van der Waals surface area contributed by atoms with Crippen LogP contribution in [0.25, 0.3) is 44.6 Å². The van der Waals surface area contributed by atoms with Gasteiger partial charge in [0.1, 0.15) is 17.0 Å². The molecule has 0 atom stereocenters. The van der Waals surface area contributed by atoms with Crippen LogP contribution in [0.1, 0.15) is 18.5 Å². The van der Waals surface area contributed by atoms with E-state index in [9.17, 15) is 14.7 Å². The number of nitrogens with zero attached hydrogens (tertiary/aromatic N) is 5. The first-order valence-corrected chi connectivity index (χ1v) is 12.0. The van der Waals surface area contributed by atoms with Gasteiger partial charge in [0.2, 0.25) is 0 Å². The molecule has 6 rings (SSSR count). The van der Waals surface area contributed by atoms with Crippen molar-refractivity contribution in [3.8, 4) is 28.4 Å². The van der Waals surface area contributed by atoms with Crippen molar-refractivity contribution >= 4 is 21.9 Å². The first-order chi connectivity index (χ1) is 17.5. The van der Waals surface area contributed by atoms with Crippen molar-refractivity contribution in [1.82, 2.24) is 34.6 Å². The zero-order valence-corrected chi connectivity index (χ0v) is 19.8. The van der Waals surface area contributed by atoms with Gasteiger partial charge in [-0.3, -0.25) is 19.4 Å². The molecule has 0 amide bonds. The number of benzene rings is 2. The predicted molar refractivity (Wildman–Crippen MR) is 137 cm³/mol. The zero-order valence-electron chi connectivity index (χ0n) is 19.8. The summed E-state index contributed by atoms with van der Waals surface area (Å²) >= 11 is 0. The van der Waals surface area contributed by atoms with Gasteiger partial charge in [-0.2, -0.15) is 0 Å².